The molecular formula is C22H21Cl2NO5. The van der Waals surface area contributed by atoms with Crippen LogP contribution in [0.2, 0.25) is 10.0 Å². The fraction of sp³-hybridized carbons (Fsp3) is 0.500. The maximum Gasteiger partial charge on any atom is 0.354 e. The second-order valence-corrected chi connectivity index (χ2v) is 9.74. The highest BCUT2D eigenvalue weighted by atomic mass is 35.5. The Bertz CT molecular complexity index is 1020. The minimum atomic E-state index is -1.39. The van der Waals surface area contributed by atoms with Crippen molar-refractivity contribution in [3.05, 3.63) is 46.0 Å². The van der Waals surface area contributed by atoms with E-state index in [9.17, 15) is 14.7 Å². The number of aliphatic hydroxyl groups is 1. The van der Waals surface area contributed by atoms with Crippen molar-refractivity contribution in [2.45, 2.75) is 50.4 Å². The summed E-state index contributed by atoms with van der Waals surface area (Å²) in [6.07, 6.45) is 3.44. The molecule has 0 bridgehead atoms. The van der Waals surface area contributed by atoms with Crippen molar-refractivity contribution in [1.82, 2.24) is 0 Å². The van der Waals surface area contributed by atoms with Crippen LogP contribution in [0.15, 0.2) is 35.5 Å². The van der Waals surface area contributed by atoms with E-state index in [1.807, 2.05) is 6.92 Å². The number of rotatable bonds is 1. The van der Waals surface area contributed by atoms with E-state index in [-0.39, 0.29) is 18.1 Å². The van der Waals surface area contributed by atoms with Gasteiger partial charge in [-0.15, -0.1) is 0 Å². The van der Waals surface area contributed by atoms with Crippen molar-refractivity contribution in [1.29, 1.82) is 0 Å². The van der Waals surface area contributed by atoms with Gasteiger partial charge in [-0.25, -0.2) is 4.79 Å². The van der Waals surface area contributed by atoms with E-state index in [4.69, 9.17) is 32.8 Å². The molecule has 2 heterocycles. The lowest BCUT2D eigenvalue weighted by molar-refractivity contribution is -0.169. The number of carbonyl (C=O) groups is 2. The van der Waals surface area contributed by atoms with Crippen molar-refractivity contribution in [3.8, 4) is 0 Å². The van der Waals surface area contributed by atoms with Crippen LogP contribution in [0.4, 0.5) is 0 Å². The Kier molecular flexibility index (Phi) is 4.22. The Hall–Kier alpha value is -1.89. The average Bonchev–Trinajstić information content (AvgIpc) is 3.31. The van der Waals surface area contributed by atoms with E-state index < -0.39 is 34.6 Å². The lowest BCUT2D eigenvalue weighted by Gasteiger charge is -2.43. The summed E-state index contributed by atoms with van der Waals surface area (Å²) < 4.78 is 5.80. The summed E-state index contributed by atoms with van der Waals surface area (Å²) in [5, 5.41) is 16.5. The zero-order valence-electron chi connectivity index (χ0n) is 16.5. The molecule has 8 heteroatoms. The van der Waals surface area contributed by atoms with Crippen molar-refractivity contribution in [2.24, 2.45) is 22.4 Å². The normalized spacial score (nSPS) is 41.9. The second-order valence-electron chi connectivity index (χ2n) is 8.93. The first kappa shape index (κ1) is 20.0. The van der Waals surface area contributed by atoms with E-state index in [0.29, 0.717) is 34.2 Å². The van der Waals surface area contributed by atoms with Crippen LogP contribution in [-0.2, 0) is 19.2 Å². The van der Waals surface area contributed by atoms with Crippen LogP contribution in [0, 0.1) is 17.3 Å². The van der Waals surface area contributed by atoms with Crippen molar-refractivity contribution < 1.29 is 24.3 Å². The number of hydrogen-bond donors (Lipinski definition) is 1. The molecule has 2 fully saturated rings. The van der Waals surface area contributed by atoms with Gasteiger partial charge in [-0.1, -0.05) is 41.3 Å². The van der Waals surface area contributed by atoms with Gasteiger partial charge in [0.15, 0.2) is 5.78 Å². The number of halogens is 2. The minimum absolute atomic E-state index is 0.140. The van der Waals surface area contributed by atoms with Crippen molar-refractivity contribution in [2.75, 3.05) is 0 Å². The fourth-order valence-corrected chi connectivity index (χ4v) is 6.32. The Morgan fingerprint density at radius 2 is 1.90 bits per heavy atom. The number of esters is 1. The lowest BCUT2D eigenvalue weighted by Crippen LogP contribution is -2.57. The minimum Gasteiger partial charge on any atom is -0.458 e. The van der Waals surface area contributed by atoms with Gasteiger partial charge in [-0.05, 0) is 50.0 Å². The third kappa shape index (κ3) is 2.27. The molecular weight excluding hydrogens is 429 g/mol. The van der Waals surface area contributed by atoms with E-state index in [1.54, 1.807) is 31.2 Å². The fourth-order valence-electron chi connectivity index (χ4n) is 5.70. The zero-order valence-corrected chi connectivity index (χ0v) is 18.0. The van der Waals surface area contributed by atoms with Gasteiger partial charge in [0.25, 0.3) is 0 Å². The molecule has 0 radical (unpaired) electrons. The number of ether oxygens (including phenoxy) is 1. The summed E-state index contributed by atoms with van der Waals surface area (Å²) in [5.74, 6) is -1.45. The number of fused-ring (bicyclic) bond motifs is 4. The number of nitrogens with zero attached hydrogens (tertiary/aromatic N) is 1. The molecule has 30 heavy (non-hydrogen) atoms. The number of ketones is 1. The summed E-state index contributed by atoms with van der Waals surface area (Å²) in [7, 11) is 0. The Balaban J connectivity index is 1.56. The van der Waals surface area contributed by atoms with Crippen molar-refractivity contribution >= 4 is 40.7 Å². The van der Waals surface area contributed by atoms with Crippen LogP contribution >= 0.6 is 23.2 Å². The van der Waals surface area contributed by atoms with Gasteiger partial charge in [0, 0.05) is 12.0 Å². The van der Waals surface area contributed by atoms with Gasteiger partial charge in [0.2, 0.25) is 5.60 Å². The van der Waals surface area contributed by atoms with Crippen LogP contribution in [0.5, 0.6) is 0 Å². The quantitative estimate of drug-likeness (QED) is 0.660. The van der Waals surface area contributed by atoms with Crippen LogP contribution in [-0.4, -0.2) is 39.9 Å². The summed E-state index contributed by atoms with van der Waals surface area (Å²) >= 11 is 12.7. The summed E-state index contributed by atoms with van der Waals surface area (Å²) in [6, 6.07) is 5.13. The van der Waals surface area contributed by atoms with Gasteiger partial charge in [-0.2, -0.15) is 0 Å². The van der Waals surface area contributed by atoms with Crippen LogP contribution < -0.4 is 0 Å². The number of benzene rings is 1. The Morgan fingerprint density at radius 1 is 1.20 bits per heavy atom. The molecule has 1 aromatic rings. The Morgan fingerprint density at radius 3 is 2.60 bits per heavy atom. The predicted octanol–water partition coefficient (Wildman–Crippen LogP) is 3.70. The monoisotopic (exact) mass is 449 g/mol. The molecule has 6 nitrogen and oxygen atoms in total. The molecule has 2 aliphatic heterocycles. The molecule has 1 spiro atoms. The predicted molar refractivity (Wildman–Crippen MR) is 110 cm³/mol. The maximum atomic E-state index is 13.1. The smallest absolute Gasteiger partial charge is 0.354 e. The maximum absolute atomic E-state index is 13.1. The molecule has 1 aromatic carbocycles. The Labute approximate surface area is 183 Å². The average molecular weight is 450 g/mol. The van der Waals surface area contributed by atoms with Gasteiger partial charge < -0.3 is 14.7 Å². The molecule has 1 saturated heterocycles. The molecule has 0 amide bonds. The molecule has 1 N–H and O–H groups in total. The molecule has 0 aromatic heterocycles. The van der Waals surface area contributed by atoms with Gasteiger partial charge in [0.1, 0.15) is 17.1 Å². The third-order valence-electron chi connectivity index (χ3n) is 7.61. The van der Waals surface area contributed by atoms with E-state index in [2.05, 4.69) is 5.16 Å². The van der Waals surface area contributed by atoms with Crippen molar-refractivity contribution in [3.63, 3.8) is 0 Å². The molecule has 2 aliphatic carbocycles. The molecule has 5 rings (SSSR count). The second kappa shape index (κ2) is 6.31. The third-order valence-corrected chi connectivity index (χ3v) is 8.24. The number of hydrogen-bond acceptors (Lipinski definition) is 6. The van der Waals surface area contributed by atoms with E-state index in [0.717, 1.165) is 0 Å². The first-order chi connectivity index (χ1) is 14.1. The summed E-state index contributed by atoms with van der Waals surface area (Å²) in [4.78, 5) is 31.9. The highest BCUT2D eigenvalue weighted by Crippen LogP contribution is 2.59. The highest BCUT2D eigenvalue weighted by molar-refractivity contribution is 6.40. The summed E-state index contributed by atoms with van der Waals surface area (Å²) in [6.45, 7) is 3.60. The van der Waals surface area contributed by atoms with Gasteiger partial charge >= 0.3 is 5.97 Å². The van der Waals surface area contributed by atoms with Crippen LogP contribution in [0.3, 0.4) is 0 Å². The number of oxime groups is 1. The number of allylic oxidation sites excluding steroid dienone is 1. The molecule has 0 unspecified atom stereocenters. The van der Waals surface area contributed by atoms with Gasteiger partial charge in [0.05, 0.1) is 21.7 Å². The molecule has 158 valence electrons. The van der Waals surface area contributed by atoms with E-state index in [1.165, 1.54) is 6.08 Å². The van der Waals surface area contributed by atoms with E-state index >= 15 is 0 Å². The highest BCUT2D eigenvalue weighted by Gasteiger charge is 2.73. The summed E-state index contributed by atoms with van der Waals surface area (Å²) in [5.41, 5.74) is -3.03. The van der Waals surface area contributed by atoms with Crippen LogP contribution in [0.1, 0.15) is 38.7 Å². The van der Waals surface area contributed by atoms with Crippen LogP contribution in [0.25, 0.3) is 0 Å². The SMILES string of the molecule is C[C@H]1CC[C@@H]2[C@@H](OC(=O)[C@]23CC(c2c(Cl)cccc2Cl)=NO3)[C@]2(C)C(=O)C=C[C@@]12O. The van der Waals surface area contributed by atoms with Gasteiger partial charge in [-0.3, -0.25) is 4.79 Å². The largest absolute Gasteiger partial charge is 0.458 e. The molecule has 1 saturated carbocycles. The first-order valence-corrected chi connectivity index (χ1v) is 10.8. The lowest BCUT2D eigenvalue weighted by atomic mass is 9.63. The zero-order chi connectivity index (χ0) is 21.5. The molecule has 6 atom stereocenters. The first-order valence-electron chi connectivity index (χ1n) is 10.0. The molecule has 4 aliphatic rings. The topological polar surface area (TPSA) is 85.2 Å². The number of carbonyl (C=O) groups excluding carboxylic acids is 2. The standard InChI is InChI=1S/C22H21Cl2NO5/c1-11-6-7-12-18(20(2)16(26)8-9-22(11,20)28)29-19(27)21(12)10-15(25-30-21)17-13(23)4-3-5-14(17)24/h3-5,8-9,11-12,18,28H,6-7,10H2,1-2H3/t11-,12+,18+,20-,21-,22+/m0/s1.